The SMILES string of the molecule is C=C(C)C(=O)OCC(COC(=O)C(C)CO)C1CCC(CCC2CCC(CCC=C(F)F)CC2)CC1. The highest BCUT2D eigenvalue weighted by Crippen LogP contribution is 2.39. The van der Waals surface area contributed by atoms with Crippen molar-refractivity contribution >= 4 is 11.9 Å². The van der Waals surface area contributed by atoms with Crippen LogP contribution in [-0.4, -0.2) is 36.9 Å². The molecule has 0 bridgehead atoms. The highest BCUT2D eigenvalue weighted by molar-refractivity contribution is 5.86. The summed E-state index contributed by atoms with van der Waals surface area (Å²) in [4.78, 5) is 24.0. The second kappa shape index (κ2) is 16.2. The van der Waals surface area contributed by atoms with Crippen molar-refractivity contribution in [2.75, 3.05) is 19.8 Å². The fourth-order valence-corrected chi connectivity index (χ4v) is 5.69. The van der Waals surface area contributed by atoms with Gasteiger partial charge in [0.25, 0.3) is 6.08 Å². The van der Waals surface area contributed by atoms with Gasteiger partial charge in [0.05, 0.1) is 25.7 Å². The molecule has 0 aromatic carbocycles. The summed E-state index contributed by atoms with van der Waals surface area (Å²) >= 11 is 0. The summed E-state index contributed by atoms with van der Waals surface area (Å²) in [6, 6.07) is 0. The van der Waals surface area contributed by atoms with Crippen LogP contribution in [0.25, 0.3) is 0 Å². The second-order valence-corrected chi connectivity index (χ2v) is 11.2. The Balaban J connectivity index is 1.74. The minimum atomic E-state index is -1.56. The molecule has 2 aliphatic rings. The molecule has 206 valence electrons. The van der Waals surface area contributed by atoms with Crippen molar-refractivity contribution in [2.24, 2.45) is 35.5 Å². The molecule has 0 heterocycles. The third-order valence-electron chi connectivity index (χ3n) is 8.27. The minimum Gasteiger partial charge on any atom is -0.465 e. The number of allylic oxidation sites excluding steroid dienone is 1. The number of halogens is 2. The molecule has 0 aromatic heterocycles. The van der Waals surface area contributed by atoms with Crippen LogP contribution in [0.3, 0.4) is 0 Å². The summed E-state index contributed by atoms with van der Waals surface area (Å²) in [7, 11) is 0. The first kappa shape index (κ1) is 30.5. The van der Waals surface area contributed by atoms with E-state index in [-0.39, 0.29) is 25.7 Å². The van der Waals surface area contributed by atoms with Crippen LogP contribution in [0.1, 0.15) is 90.9 Å². The van der Waals surface area contributed by atoms with E-state index in [4.69, 9.17) is 9.47 Å². The highest BCUT2D eigenvalue weighted by Gasteiger charge is 2.31. The lowest BCUT2D eigenvalue weighted by atomic mass is 9.72. The van der Waals surface area contributed by atoms with Crippen molar-refractivity contribution in [3.05, 3.63) is 24.3 Å². The zero-order chi connectivity index (χ0) is 26.5. The standard InChI is InChI=1S/C29H46F2O5/c1-20(2)28(33)35-18-26(19-36-29(34)21(3)17-32)25-15-13-24(14-16-25)12-11-23-9-7-22(8-10-23)5-4-6-27(30)31/h6,21-26,32H,1,4-5,7-19H2,2-3H3. The molecule has 2 atom stereocenters. The van der Waals surface area contributed by atoms with Gasteiger partial charge in [-0.1, -0.05) is 57.9 Å². The first-order valence-electron chi connectivity index (χ1n) is 13.8. The summed E-state index contributed by atoms with van der Waals surface area (Å²) in [6.07, 6.45) is 12.4. The molecule has 2 fully saturated rings. The Hall–Kier alpha value is -1.76. The van der Waals surface area contributed by atoms with E-state index in [1.807, 2.05) is 0 Å². The van der Waals surface area contributed by atoms with Gasteiger partial charge in [0.15, 0.2) is 0 Å². The van der Waals surface area contributed by atoms with Gasteiger partial charge in [-0.25, -0.2) is 4.79 Å². The van der Waals surface area contributed by atoms with Gasteiger partial charge in [0.2, 0.25) is 0 Å². The second-order valence-electron chi connectivity index (χ2n) is 11.2. The van der Waals surface area contributed by atoms with E-state index in [9.17, 15) is 23.5 Å². The maximum absolute atomic E-state index is 12.2. The molecule has 0 radical (unpaired) electrons. The van der Waals surface area contributed by atoms with Crippen molar-refractivity contribution in [1.82, 2.24) is 0 Å². The number of aliphatic hydroxyl groups is 1. The van der Waals surface area contributed by atoms with Gasteiger partial charge >= 0.3 is 11.9 Å². The summed E-state index contributed by atoms with van der Waals surface area (Å²) in [5.74, 6) is 0.909. The maximum atomic E-state index is 12.2. The van der Waals surface area contributed by atoms with E-state index in [0.29, 0.717) is 29.7 Å². The Morgan fingerprint density at radius 1 is 0.917 bits per heavy atom. The zero-order valence-corrected chi connectivity index (χ0v) is 22.2. The molecule has 2 unspecified atom stereocenters. The molecule has 2 saturated carbocycles. The van der Waals surface area contributed by atoms with Crippen LogP contribution in [-0.2, 0) is 19.1 Å². The third kappa shape index (κ3) is 11.1. The Morgan fingerprint density at radius 3 is 1.92 bits per heavy atom. The van der Waals surface area contributed by atoms with Gasteiger partial charge in [-0.05, 0) is 69.3 Å². The van der Waals surface area contributed by atoms with Gasteiger partial charge < -0.3 is 14.6 Å². The molecular weight excluding hydrogens is 466 g/mol. The number of rotatable bonds is 14. The quantitative estimate of drug-likeness (QED) is 0.204. The summed E-state index contributed by atoms with van der Waals surface area (Å²) in [6.45, 7) is 7.02. The van der Waals surface area contributed by atoms with E-state index >= 15 is 0 Å². The number of aliphatic hydroxyl groups excluding tert-OH is 1. The van der Waals surface area contributed by atoms with Gasteiger partial charge in [0.1, 0.15) is 0 Å². The number of esters is 2. The van der Waals surface area contributed by atoms with Gasteiger partial charge in [-0.15, -0.1) is 0 Å². The van der Waals surface area contributed by atoms with Gasteiger partial charge in [-0.2, -0.15) is 8.78 Å². The van der Waals surface area contributed by atoms with Crippen LogP contribution in [0.4, 0.5) is 8.78 Å². The van der Waals surface area contributed by atoms with Crippen molar-refractivity contribution in [2.45, 2.75) is 90.9 Å². The summed E-state index contributed by atoms with van der Waals surface area (Å²) < 4.78 is 35.3. The molecular formula is C29H46F2O5. The van der Waals surface area contributed by atoms with Crippen LogP contribution >= 0.6 is 0 Å². The molecule has 0 aliphatic heterocycles. The van der Waals surface area contributed by atoms with E-state index in [0.717, 1.165) is 56.9 Å². The molecule has 5 nitrogen and oxygen atoms in total. The van der Waals surface area contributed by atoms with Crippen molar-refractivity contribution in [3.8, 4) is 0 Å². The van der Waals surface area contributed by atoms with Crippen molar-refractivity contribution < 1.29 is 33.0 Å². The number of carbonyl (C=O) groups excluding carboxylic acids is 2. The molecule has 1 N–H and O–H groups in total. The molecule has 7 heteroatoms. The maximum Gasteiger partial charge on any atom is 0.333 e. The molecule has 2 aliphatic carbocycles. The monoisotopic (exact) mass is 512 g/mol. The van der Waals surface area contributed by atoms with Crippen LogP contribution in [0.2, 0.25) is 0 Å². The number of ether oxygens (including phenoxy) is 2. The lowest BCUT2D eigenvalue weighted by molar-refractivity contribution is -0.153. The molecule has 0 amide bonds. The highest BCUT2D eigenvalue weighted by atomic mass is 19.3. The van der Waals surface area contributed by atoms with E-state index in [1.54, 1.807) is 13.8 Å². The lowest BCUT2D eigenvalue weighted by Gasteiger charge is -2.35. The molecule has 0 spiro atoms. The average molecular weight is 513 g/mol. The zero-order valence-electron chi connectivity index (χ0n) is 22.2. The van der Waals surface area contributed by atoms with Crippen LogP contribution in [0.5, 0.6) is 0 Å². The van der Waals surface area contributed by atoms with Crippen molar-refractivity contribution in [3.63, 3.8) is 0 Å². The Morgan fingerprint density at radius 2 is 1.42 bits per heavy atom. The molecule has 36 heavy (non-hydrogen) atoms. The normalized spacial score (nSPS) is 25.9. The predicted molar refractivity (Wildman–Crippen MR) is 136 cm³/mol. The van der Waals surface area contributed by atoms with Gasteiger partial charge in [-0.3, -0.25) is 4.79 Å². The van der Waals surface area contributed by atoms with Crippen LogP contribution < -0.4 is 0 Å². The fraction of sp³-hybridized carbons (Fsp3) is 0.793. The van der Waals surface area contributed by atoms with Crippen molar-refractivity contribution in [1.29, 1.82) is 0 Å². The average Bonchev–Trinajstić information content (AvgIpc) is 2.87. The first-order valence-corrected chi connectivity index (χ1v) is 13.8. The number of hydrogen-bond acceptors (Lipinski definition) is 5. The fourth-order valence-electron chi connectivity index (χ4n) is 5.69. The molecule has 0 aromatic rings. The minimum absolute atomic E-state index is 0.0555. The first-order chi connectivity index (χ1) is 17.2. The Bertz CT molecular complexity index is 717. The Kier molecular flexibility index (Phi) is 13.7. The largest absolute Gasteiger partial charge is 0.465 e. The third-order valence-corrected chi connectivity index (χ3v) is 8.27. The lowest BCUT2D eigenvalue weighted by Crippen LogP contribution is -2.32. The number of hydrogen-bond donors (Lipinski definition) is 1. The van der Waals surface area contributed by atoms with Crippen LogP contribution in [0.15, 0.2) is 24.3 Å². The Labute approximate surface area is 215 Å². The molecule has 0 saturated heterocycles. The van der Waals surface area contributed by atoms with E-state index in [1.165, 1.54) is 25.7 Å². The number of carbonyl (C=O) groups is 2. The molecule has 2 rings (SSSR count). The topological polar surface area (TPSA) is 72.8 Å². The van der Waals surface area contributed by atoms with Crippen LogP contribution in [0, 0.1) is 35.5 Å². The van der Waals surface area contributed by atoms with Gasteiger partial charge in [0, 0.05) is 11.5 Å². The predicted octanol–water partition coefficient (Wildman–Crippen LogP) is 6.85. The summed E-state index contributed by atoms with van der Waals surface area (Å²) in [5.41, 5.74) is 0.350. The van der Waals surface area contributed by atoms with E-state index < -0.39 is 23.9 Å². The van der Waals surface area contributed by atoms with E-state index in [2.05, 4.69) is 6.58 Å². The summed E-state index contributed by atoms with van der Waals surface area (Å²) in [5, 5.41) is 9.19. The smallest absolute Gasteiger partial charge is 0.333 e.